The molecule has 0 saturated heterocycles. The van der Waals surface area contributed by atoms with Crippen LogP contribution in [0, 0.1) is 13.8 Å². The van der Waals surface area contributed by atoms with Gasteiger partial charge in [-0.2, -0.15) is 5.10 Å². The summed E-state index contributed by atoms with van der Waals surface area (Å²) in [5.74, 6) is -0.637. The number of thiazole rings is 1. The van der Waals surface area contributed by atoms with Gasteiger partial charge >= 0.3 is 0 Å². The van der Waals surface area contributed by atoms with Gasteiger partial charge < -0.3 is 0 Å². The third-order valence-corrected chi connectivity index (χ3v) is 6.00. The molecular formula is C22H16Cl2N4O2S. The Kier molecular flexibility index (Phi) is 5.91. The summed E-state index contributed by atoms with van der Waals surface area (Å²) < 4.78 is 1.48. The molecule has 31 heavy (non-hydrogen) atoms. The molecular weight excluding hydrogens is 455 g/mol. The lowest BCUT2D eigenvalue weighted by Crippen LogP contribution is -2.27. The van der Waals surface area contributed by atoms with Crippen LogP contribution < -0.4 is 10.7 Å². The lowest BCUT2D eigenvalue weighted by atomic mass is 10.1. The zero-order valence-corrected chi connectivity index (χ0v) is 18.8. The van der Waals surface area contributed by atoms with Gasteiger partial charge in [0.25, 0.3) is 5.91 Å². The van der Waals surface area contributed by atoms with E-state index in [0.29, 0.717) is 26.6 Å². The lowest BCUT2D eigenvalue weighted by molar-refractivity contribution is 0.101. The molecule has 0 atom stereocenters. The highest BCUT2D eigenvalue weighted by atomic mass is 35.5. The Labute approximate surface area is 192 Å². The molecule has 0 aliphatic heterocycles. The number of rotatable bonds is 4. The number of aromatic nitrogens is 3. The molecule has 0 aliphatic carbocycles. The number of aryl methyl sites for hydroxylation is 2. The monoisotopic (exact) mass is 470 g/mol. The van der Waals surface area contributed by atoms with Crippen LogP contribution in [0.2, 0.25) is 10.0 Å². The van der Waals surface area contributed by atoms with Crippen molar-refractivity contribution in [3.05, 3.63) is 91.1 Å². The summed E-state index contributed by atoms with van der Waals surface area (Å²) in [4.78, 5) is 30.7. The zero-order chi connectivity index (χ0) is 22.1. The van der Waals surface area contributed by atoms with Gasteiger partial charge in [0.05, 0.1) is 16.4 Å². The molecule has 156 valence electrons. The van der Waals surface area contributed by atoms with Crippen LogP contribution in [0.3, 0.4) is 0 Å². The van der Waals surface area contributed by atoms with E-state index in [4.69, 9.17) is 23.2 Å². The summed E-state index contributed by atoms with van der Waals surface area (Å²) in [5, 5.41) is 8.41. The first-order valence-corrected chi connectivity index (χ1v) is 10.8. The number of para-hydroxylation sites is 1. The molecule has 9 heteroatoms. The van der Waals surface area contributed by atoms with Gasteiger partial charge in [-0.1, -0.05) is 47.5 Å². The minimum Gasteiger partial charge on any atom is -0.296 e. The van der Waals surface area contributed by atoms with Crippen LogP contribution in [-0.4, -0.2) is 20.7 Å². The molecule has 0 spiro atoms. The molecule has 0 saturated carbocycles. The zero-order valence-electron chi connectivity index (χ0n) is 16.5. The van der Waals surface area contributed by atoms with Crippen LogP contribution in [-0.2, 0) is 0 Å². The fourth-order valence-corrected chi connectivity index (χ4v) is 4.23. The summed E-state index contributed by atoms with van der Waals surface area (Å²) in [6.45, 7) is 3.63. The Morgan fingerprint density at radius 1 is 1.06 bits per heavy atom. The molecule has 0 fully saturated rings. The first kappa shape index (κ1) is 21.2. The summed E-state index contributed by atoms with van der Waals surface area (Å²) in [6, 6.07) is 15.7. The number of hydrogen-bond acceptors (Lipinski definition) is 5. The normalized spacial score (nSPS) is 10.8. The van der Waals surface area contributed by atoms with Crippen LogP contribution in [0.4, 0.5) is 5.13 Å². The molecule has 2 heterocycles. The molecule has 4 aromatic rings. The van der Waals surface area contributed by atoms with E-state index in [1.807, 2.05) is 19.1 Å². The maximum Gasteiger partial charge on any atom is 0.281 e. The summed E-state index contributed by atoms with van der Waals surface area (Å²) in [5.41, 5.74) is 2.03. The highest BCUT2D eigenvalue weighted by Crippen LogP contribution is 2.31. The number of amides is 1. The van der Waals surface area contributed by atoms with Gasteiger partial charge in [-0.15, -0.1) is 11.3 Å². The Hall–Kier alpha value is -3.00. The van der Waals surface area contributed by atoms with Crippen LogP contribution in [0.15, 0.2) is 59.4 Å². The van der Waals surface area contributed by atoms with E-state index >= 15 is 0 Å². The Balaban J connectivity index is 1.66. The second-order valence-electron chi connectivity index (χ2n) is 6.75. The smallest absolute Gasteiger partial charge is 0.281 e. The van der Waals surface area contributed by atoms with E-state index in [2.05, 4.69) is 15.4 Å². The van der Waals surface area contributed by atoms with Crippen molar-refractivity contribution in [2.45, 2.75) is 13.8 Å². The highest BCUT2D eigenvalue weighted by Gasteiger charge is 2.19. The van der Waals surface area contributed by atoms with Crippen molar-refractivity contribution in [3.63, 3.8) is 0 Å². The molecule has 4 rings (SSSR count). The van der Waals surface area contributed by atoms with Gasteiger partial charge in [0.2, 0.25) is 5.43 Å². The van der Waals surface area contributed by atoms with E-state index in [0.717, 1.165) is 16.1 Å². The number of nitrogens with one attached hydrogen (secondary N) is 1. The Morgan fingerprint density at radius 3 is 2.48 bits per heavy atom. The number of benzene rings is 2. The van der Waals surface area contributed by atoms with Crippen LogP contribution >= 0.6 is 34.5 Å². The molecule has 1 amide bonds. The van der Waals surface area contributed by atoms with Gasteiger partial charge in [-0.05, 0) is 38.1 Å². The minimum atomic E-state index is -0.637. The quantitative estimate of drug-likeness (QED) is 0.425. The number of carbonyl (C=O) groups is 1. The van der Waals surface area contributed by atoms with Crippen molar-refractivity contribution in [2.24, 2.45) is 0 Å². The molecule has 6 nitrogen and oxygen atoms in total. The predicted molar refractivity (Wildman–Crippen MR) is 125 cm³/mol. The molecule has 0 unspecified atom stereocenters. The maximum absolute atomic E-state index is 12.8. The van der Waals surface area contributed by atoms with E-state index in [-0.39, 0.29) is 5.69 Å². The van der Waals surface area contributed by atoms with Crippen molar-refractivity contribution in [1.82, 2.24) is 14.8 Å². The number of nitrogens with zero attached hydrogens (tertiary/aromatic N) is 3. The van der Waals surface area contributed by atoms with Gasteiger partial charge in [0, 0.05) is 27.2 Å². The van der Waals surface area contributed by atoms with Crippen molar-refractivity contribution in [2.75, 3.05) is 5.32 Å². The minimum absolute atomic E-state index is 0.244. The second kappa shape index (κ2) is 8.63. The SMILES string of the molecule is Cc1sc(NC(=O)c2nn(-c3ccccc3Cl)c(C)cc2=O)nc1-c1ccc(Cl)cc1. The van der Waals surface area contributed by atoms with E-state index < -0.39 is 11.3 Å². The third kappa shape index (κ3) is 4.39. The van der Waals surface area contributed by atoms with Gasteiger partial charge in [0.1, 0.15) is 0 Å². The largest absolute Gasteiger partial charge is 0.296 e. The van der Waals surface area contributed by atoms with Crippen LogP contribution in [0.5, 0.6) is 0 Å². The summed E-state index contributed by atoms with van der Waals surface area (Å²) in [6.07, 6.45) is 0. The molecule has 0 bridgehead atoms. The van der Waals surface area contributed by atoms with Crippen molar-refractivity contribution in [3.8, 4) is 16.9 Å². The third-order valence-electron chi connectivity index (χ3n) is 4.54. The van der Waals surface area contributed by atoms with Crippen molar-refractivity contribution >= 4 is 45.6 Å². The average Bonchev–Trinajstić information content (AvgIpc) is 3.09. The Bertz CT molecular complexity index is 1350. The standard InChI is InChI=1S/C22H16Cl2N4O2S/c1-12-11-18(29)20(27-28(12)17-6-4-3-5-16(17)24)21(30)26-22-25-19(13(2)31-22)14-7-9-15(23)10-8-14/h3-11H,1-2H3,(H,25,26,30). The van der Waals surface area contributed by atoms with Gasteiger partial charge in [-0.25, -0.2) is 9.67 Å². The Morgan fingerprint density at radius 2 is 1.77 bits per heavy atom. The fraction of sp³-hybridized carbons (Fsp3) is 0.0909. The lowest BCUT2D eigenvalue weighted by Gasteiger charge is -2.12. The number of hydrogen-bond donors (Lipinski definition) is 1. The number of carbonyl (C=O) groups excluding carboxylic acids is 1. The average molecular weight is 471 g/mol. The molecule has 2 aromatic carbocycles. The van der Waals surface area contributed by atoms with E-state index in [1.165, 1.54) is 22.1 Å². The maximum atomic E-state index is 12.8. The van der Waals surface area contributed by atoms with Crippen LogP contribution in [0.1, 0.15) is 21.1 Å². The molecule has 0 radical (unpaired) electrons. The topological polar surface area (TPSA) is 76.9 Å². The molecule has 0 aliphatic rings. The number of anilines is 1. The van der Waals surface area contributed by atoms with Gasteiger partial charge in [-0.3, -0.25) is 14.9 Å². The highest BCUT2D eigenvalue weighted by molar-refractivity contribution is 7.16. The summed E-state index contributed by atoms with van der Waals surface area (Å²) in [7, 11) is 0. The van der Waals surface area contributed by atoms with Crippen molar-refractivity contribution in [1.29, 1.82) is 0 Å². The van der Waals surface area contributed by atoms with E-state index in [1.54, 1.807) is 43.3 Å². The molecule has 2 aromatic heterocycles. The van der Waals surface area contributed by atoms with Crippen molar-refractivity contribution < 1.29 is 4.79 Å². The van der Waals surface area contributed by atoms with E-state index in [9.17, 15) is 9.59 Å². The molecule has 1 N–H and O–H groups in total. The first-order valence-electron chi connectivity index (χ1n) is 9.24. The predicted octanol–water partition coefficient (Wildman–Crippen LogP) is 5.53. The second-order valence-corrected chi connectivity index (χ2v) is 8.79. The first-order chi connectivity index (χ1) is 14.8. The fourth-order valence-electron chi connectivity index (χ4n) is 3.05. The van der Waals surface area contributed by atoms with Crippen LogP contribution in [0.25, 0.3) is 16.9 Å². The number of halogens is 2. The van der Waals surface area contributed by atoms with Gasteiger partial charge in [0.15, 0.2) is 10.8 Å². The summed E-state index contributed by atoms with van der Waals surface area (Å²) >= 11 is 13.5.